The molecule has 35 heavy (non-hydrogen) atoms. The Morgan fingerprint density at radius 2 is 1.89 bits per heavy atom. The third-order valence-electron chi connectivity index (χ3n) is 7.32. The number of amides is 1. The molecule has 2 fully saturated rings. The summed E-state index contributed by atoms with van der Waals surface area (Å²) in [6.45, 7) is 1.54. The molecule has 0 spiro atoms. The number of carbonyl (C=O) groups is 1. The van der Waals surface area contributed by atoms with Crippen LogP contribution in [0, 0.1) is 11.3 Å². The van der Waals surface area contributed by atoms with Gasteiger partial charge in [-0.15, -0.1) is 0 Å². The van der Waals surface area contributed by atoms with Crippen LogP contribution >= 0.6 is 11.6 Å². The molecule has 2 atom stereocenters. The fourth-order valence-electron chi connectivity index (χ4n) is 5.06. The fourth-order valence-corrected chi connectivity index (χ4v) is 5.35. The predicted octanol–water partition coefficient (Wildman–Crippen LogP) is 3.78. The van der Waals surface area contributed by atoms with Crippen LogP contribution in [0.2, 0.25) is 5.15 Å². The van der Waals surface area contributed by atoms with Gasteiger partial charge >= 0.3 is 6.18 Å². The lowest BCUT2D eigenvalue weighted by atomic mass is 9.90. The lowest BCUT2D eigenvalue weighted by Crippen LogP contribution is -2.51. The molecular formula is C24H24ClF3N4O3. The van der Waals surface area contributed by atoms with Crippen molar-refractivity contribution in [2.75, 3.05) is 13.1 Å². The Morgan fingerprint density at radius 3 is 2.49 bits per heavy atom. The first-order valence-electron chi connectivity index (χ1n) is 11.3. The number of para-hydroxylation sites is 1. The number of nitrogens with zero attached hydrogens (tertiary/aromatic N) is 4. The van der Waals surface area contributed by atoms with Gasteiger partial charge in [0.1, 0.15) is 11.5 Å². The quantitative estimate of drug-likeness (QED) is 0.581. The number of hydrogen-bond donors (Lipinski definition) is 1. The number of aliphatic hydroxyl groups is 1. The molecule has 7 nitrogen and oxygen atoms in total. The third kappa shape index (κ3) is 4.12. The van der Waals surface area contributed by atoms with Gasteiger partial charge in [-0.2, -0.15) is 13.2 Å². The monoisotopic (exact) mass is 508 g/mol. The molecule has 1 aliphatic heterocycles. The second-order valence-corrected chi connectivity index (χ2v) is 10.2. The number of alkyl halides is 3. The van der Waals surface area contributed by atoms with E-state index in [1.807, 2.05) is 30.3 Å². The largest absolute Gasteiger partial charge is 0.392 e. The first-order valence-corrected chi connectivity index (χ1v) is 11.7. The van der Waals surface area contributed by atoms with E-state index in [1.54, 1.807) is 4.57 Å². The zero-order chi connectivity index (χ0) is 25.2. The molecule has 1 amide bonds. The average molecular weight is 509 g/mol. The van der Waals surface area contributed by atoms with E-state index in [0.29, 0.717) is 16.2 Å². The maximum Gasteiger partial charge on any atom is 0.392 e. The molecule has 1 saturated heterocycles. The third-order valence-corrected chi connectivity index (χ3v) is 7.60. The van der Waals surface area contributed by atoms with Crippen molar-refractivity contribution >= 4 is 28.5 Å². The average Bonchev–Trinajstić information content (AvgIpc) is 3.42. The van der Waals surface area contributed by atoms with Crippen molar-refractivity contribution in [3.05, 3.63) is 58.2 Å². The first-order chi connectivity index (χ1) is 16.4. The van der Waals surface area contributed by atoms with Gasteiger partial charge in [-0.1, -0.05) is 36.7 Å². The van der Waals surface area contributed by atoms with Crippen LogP contribution in [0.1, 0.15) is 26.2 Å². The molecule has 11 heteroatoms. The summed E-state index contributed by atoms with van der Waals surface area (Å²) in [7, 11) is 0. The Morgan fingerprint density at radius 1 is 1.23 bits per heavy atom. The van der Waals surface area contributed by atoms with Gasteiger partial charge in [-0.3, -0.25) is 18.7 Å². The summed E-state index contributed by atoms with van der Waals surface area (Å²) < 4.78 is 42.1. The van der Waals surface area contributed by atoms with E-state index in [0.717, 1.165) is 5.69 Å². The maximum absolute atomic E-state index is 13.2. The molecule has 2 aromatic heterocycles. The molecule has 0 bridgehead atoms. The van der Waals surface area contributed by atoms with E-state index < -0.39 is 29.0 Å². The maximum atomic E-state index is 13.2. The van der Waals surface area contributed by atoms with E-state index in [1.165, 1.54) is 28.8 Å². The summed E-state index contributed by atoms with van der Waals surface area (Å²) in [5.74, 6) is -2.14. The number of hydrogen-bond acceptors (Lipinski definition) is 4. The number of piperidine rings is 1. The van der Waals surface area contributed by atoms with Crippen molar-refractivity contribution < 1.29 is 23.1 Å². The van der Waals surface area contributed by atoms with Crippen LogP contribution in [-0.2, 0) is 11.3 Å². The Kier molecular flexibility index (Phi) is 5.52. The number of fused-ring (bicyclic) bond motifs is 1. The molecule has 3 aromatic rings. The molecule has 1 aliphatic carbocycles. The second kappa shape index (κ2) is 8.09. The molecule has 2 aliphatic rings. The van der Waals surface area contributed by atoms with Gasteiger partial charge in [0.15, 0.2) is 5.65 Å². The Bertz CT molecular complexity index is 1350. The lowest BCUT2D eigenvalue weighted by molar-refractivity contribution is -0.165. The van der Waals surface area contributed by atoms with E-state index in [4.69, 9.17) is 11.6 Å². The zero-order valence-corrected chi connectivity index (χ0v) is 19.7. The standard InChI is InChI=1S/C24H24ClF3N4O3/c1-22(12-17(22)24(26,27)28)21(34)30-9-7-23(35,8-10-30)13-31-14-29-19-16(20(31)33)11-18(25)32(19)15-5-3-2-4-6-15/h2-6,11,14,17,35H,7-10,12-13H2,1H3. The molecule has 0 radical (unpaired) electrons. The molecule has 3 heterocycles. The molecule has 1 aromatic carbocycles. The van der Waals surface area contributed by atoms with E-state index in [-0.39, 0.29) is 44.5 Å². The van der Waals surface area contributed by atoms with Crippen molar-refractivity contribution in [2.45, 2.75) is 44.5 Å². The minimum Gasteiger partial charge on any atom is -0.388 e. The second-order valence-electron chi connectivity index (χ2n) is 9.79. The summed E-state index contributed by atoms with van der Waals surface area (Å²) in [5.41, 5.74) is -1.94. The molecule has 1 saturated carbocycles. The summed E-state index contributed by atoms with van der Waals surface area (Å²) in [6, 6.07) is 10.8. The summed E-state index contributed by atoms with van der Waals surface area (Å²) in [5, 5.41) is 11.7. The van der Waals surface area contributed by atoms with Crippen LogP contribution in [0.4, 0.5) is 13.2 Å². The van der Waals surface area contributed by atoms with E-state index >= 15 is 0 Å². The van der Waals surface area contributed by atoms with Crippen LogP contribution in [0.5, 0.6) is 0 Å². The minimum absolute atomic E-state index is 0.0482. The van der Waals surface area contributed by atoms with Crippen LogP contribution in [0.3, 0.4) is 0 Å². The number of likely N-dealkylation sites (tertiary alicyclic amines) is 1. The molecular weight excluding hydrogens is 485 g/mol. The number of benzene rings is 1. The van der Waals surface area contributed by atoms with Gasteiger partial charge in [0, 0.05) is 18.8 Å². The molecule has 1 N–H and O–H groups in total. The highest BCUT2D eigenvalue weighted by atomic mass is 35.5. The minimum atomic E-state index is -4.39. The van der Waals surface area contributed by atoms with Gasteiger partial charge in [0.2, 0.25) is 5.91 Å². The molecule has 186 valence electrons. The molecule has 2 unspecified atom stereocenters. The van der Waals surface area contributed by atoms with Crippen LogP contribution in [0.15, 0.2) is 47.5 Å². The highest BCUT2D eigenvalue weighted by molar-refractivity contribution is 6.31. The van der Waals surface area contributed by atoms with Gasteiger partial charge in [0.05, 0.1) is 28.9 Å². The number of carbonyl (C=O) groups excluding carboxylic acids is 1. The summed E-state index contributed by atoms with van der Waals surface area (Å²) in [4.78, 5) is 31.7. The highest BCUT2D eigenvalue weighted by Crippen LogP contribution is 2.61. The Balaban J connectivity index is 1.32. The summed E-state index contributed by atoms with van der Waals surface area (Å²) in [6.07, 6.45) is -2.96. The van der Waals surface area contributed by atoms with Crippen LogP contribution < -0.4 is 5.56 Å². The highest BCUT2D eigenvalue weighted by Gasteiger charge is 2.68. The van der Waals surface area contributed by atoms with Crippen molar-refractivity contribution in [2.24, 2.45) is 11.3 Å². The van der Waals surface area contributed by atoms with Gasteiger partial charge in [-0.25, -0.2) is 4.98 Å². The van der Waals surface area contributed by atoms with Crippen molar-refractivity contribution in [1.29, 1.82) is 0 Å². The van der Waals surface area contributed by atoms with Crippen molar-refractivity contribution in [3.8, 4) is 5.69 Å². The normalized spacial score (nSPS) is 24.1. The smallest absolute Gasteiger partial charge is 0.388 e. The fraction of sp³-hybridized carbons (Fsp3) is 0.458. The van der Waals surface area contributed by atoms with Crippen LogP contribution in [-0.4, -0.2) is 54.9 Å². The Labute approximate surface area is 203 Å². The number of rotatable bonds is 4. The number of halogens is 4. The summed E-state index contributed by atoms with van der Waals surface area (Å²) >= 11 is 6.39. The predicted molar refractivity (Wildman–Crippen MR) is 123 cm³/mol. The Hall–Kier alpha value is -2.85. The SMILES string of the molecule is CC1(C(=O)N2CCC(O)(Cn3cnc4c(cc(Cl)n4-c4ccccc4)c3=O)CC2)CC1C(F)(F)F. The van der Waals surface area contributed by atoms with Gasteiger partial charge < -0.3 is 10.0 Å². The van der Waals surface area contributed by atoms with Crippen LogP contribution in [0.25, 0.3) is 16.7 Å². The van der Waals surface area contributed by atoms with E-state index in [2.05, 4.69) is 4.98 Å². The number of aromatic nitrogens is 3. The van der Waals surface area contributed by atoms with Crippen molar-refractivity contribution in [1.82, 2.24) is 19.0 Å². The van der Waals surface area contributed by atoms with Crippen molar-refractivity contribution in [3.63, 3.8) is 0 Å². The zero-order valence-electron chi connectivity index (χ0n) is 18.9. The van der Waals surface area contributed by atoms with E-state index in [9.17, 15) is 27.9 Å². The lowest BCUT2D eigenvalue weighted by Gasteiger charge is -2.39. The van der Waals surface area contributed by atoms with Gasteiger partial charge in [0.25, 0.3) is 5.56 Å². The first kappa shape index (κ1) is 23.9. The molecule has 5 rings (SSSR count). The van der Waals surface area contributed by atoms with Gasteiger partial charge in [-0.05, 0) is 37.5 Å². The topological polar surface area (TPSA) is 80.4 Å².